The fourth-order valence-corrected chi connectivity index (χ4v) is 1.51. The summed E-state index contributed by atoms with van der Waals surface area (Å²) in [5.41, 5.74) is 10.9. The lowest BCUT2D eigenvalue weighted by atomic mass is 10.1. The number of benzene rings is 1. The first-order chi connectivity index (χ1) is 8.66. The van der Waals surface area contributed by atoms with Crippen molar-refractivity contribution >= 4 is 28.8 Å². The van der Waals surface area contributed by atoms with E-state index >= 15 is 0 Å². The number of halogens is 1. The zero-order valence-electron chi connectivity index (χ0n) is 9.76. The zero-order chi connectivity index (χ0) is 13.0. The maximum absolute atomic E-state index is 5.85. The third-order valence-electron chi connectivity index (χ3n) is 2.29. The Labute approximate surface area is 110 Å². The van der Waals surface area contributed by atoms with E-state index in [1.807, 2.05) is 31.2 Å². The Kier molecular flexibility index (Phi) is 3.74. The molecule has 0 aliphatic rings. The number of nitrogens with zero attached hydrogens (tertiary/aromatic N) is 3. The van der Waals surface area contributed by atoms with Gasteiger partial charge < -0.3 is 5.73 Å². The van der Waals surface area contributed by atoms with E-state index in [9.17, 15) is 0 Å². The highest BCUT2D eigenvalue weighted by atomic mass is 35.5. The van der Waals surface area contributed by atoms with Gasteiger partial charge in [0.25, 0.3) is 0 Å². The molecule has 0 amide bonds. The first-order valence-electron chi connectivity index (χ1n) is 5.29. The van der Waals surface area contributed by atoms with E-state index in [0.717, 1.165) is 11.3 Å². The highest BCUT2D eigenvalue weighted by Crippen LogP contribution is 2.14. The van der Waals surface area contributed by atoms with Crippen LogP contribution >= 0.6 is 11.6 Å². The monoisotopic (exact) mass is 261 g/mol. The van der Waals surface area contributed by atoms with Crippen molar-refractivity contribution in [3.05, 3.63) is 47.4 Å². The normalized spacial score (nSPS) is 11.3. The zero-order valence-corrected chi connectivity index (χ0v) is 10.5. The summed E-state index contributed by atoms with van der Waals surface area (Å²) in [6, 6.07) is 7.47. The molecule has 0 fully saturated rings. The number of hydrogen-bond donors (Lipinski definition) is 2. The van der Waals surface area contributed by atoms with Gasteiger partial charge in [-0.1, -0.05) is 23.7 Å². The number of rotatable bonds is 3. The average molecular weight is 262 g/mol. The molecule has 18 heavy (non-hydrogen) atoms. The summed E-state index contributed by atoms with van der Waals surface area (Å²) in [4.78, 5) is 7.92. The molecule has 0 bridgehead atoms. The van der Waals surface area contributed by atoms with Gasteiger partial charge in [-0.25, -0.2) is 9.97 Å². The number of aromatic nitrogens is 2. The van der Waals surface area contributed by atoms with Gasteiger partial charge in [0.2, 0.25) is 0 Å². The molecule has 3 N–H and O–H groups in total. The van der Waals surface area contributed by atoms with Crippen LogP contribution in [0.2, 0.25) is 5.15 Å². The van der Waals surface area contributed by atoms with Gasteiger partial charge in [-0.3, -0.25) is 5.43 Å². The smallest absolute Gasteiger partial charge is 0.184 e. The first-order valence-corrected chi connectivity index (χ1v) is 5.67. The Bertz CT molecular complexity index is 582. The van der Waals surface area contributed by atoms with E-state index in [4.69, 9.17) is 17.3 Å². The van der Waals surface area contributed by atoms with Crippen molar-refractivity contribution in [3.8, 4) is 0 Å². The number of hydrogen-bond acceptors (Lipinski definition) is 5. The van der Waals surface area contributed by atoms with E-state index in [2.05, 4.69) is 20.5 Å². The summed E-state index contributed by atoms with van der Waals surface area (Å²) >= 11 is 5.85. The molecule has 1 aromatic carbocycles. The molecule has 2 rings (SSSR count). The minimum Gasteiger partial charge on any atom is -0.399 e. The summed E-state index contributed by atoms with van der Waals surface area (Å²) in [6.07, 6.45) is 3.06. The third kappa shape index (κ3) is 2.95. The molecule has 0 radical (unpaired) electrons. The highest BCUT2D eigenvalue weighted by molar-refractivity contribution is 6.31. The van der Waals surface area contributed by atoms with Crippen LogP contribution in [-0.2, 0) is 0 Å². The minimum absolute atomic E-state index is 0.279. The molecule has 2 aromatic rings. The quantitative estimate of drug-likeness (QED) is 0.506. The van der Waals surface area contributed by atoms with Gasteiger partial charge in [0.05, 0.1) is 5.71 Å². The van der Waals surface area contributed by atoms with E-state index in [1.165, 1.54) is 6.20 Å². The summed E-state index contributed by atoms with van der Waals surface area (Å²) < 4.78 is 0. The maximum atomic E-state index is 5.85. The molecule has 0 unspecified atom stereocenters. The van der Waals surface area contributed by atoms with Crippen LogP contribution in [0.4, 0.5) is 11.5 Å². The molecule has 0 aliphatic heterocycles. The minimum atomic E-state index is 0.279. The Morgan fingerprint density at radius 3 is 2.83 bits per heavy atom. The standard InChI is InChI=1S/C12H12ClN5/c1-8(9-3-2-4-10(14)7-9)17-18-12-11(13)15-5-6-16-12/h2-7H,14H2,1H3,(H,16,18)/b17-8+. The Balaban J connectivity index is 2.17. The second-order valence-corrected chi connectivity index (χ2v) is 3.99. The van der Waals surface area contributed by atoms with Gasteiger partial charge in [0.15, 0.2) is 11.0 Å². The molecular formula is C12H12ClN5. The van der Waals surface area contributed by atoms with Crippen molar-refractivity contribution in [2.45, 2.75) is 6.92 Å². The average Bonchev–Trinajstić information content (AvgIpc) is 2.37. The SMILES string of the molecule is C/C(=N\Nc1nccnc1Cl)c1cccc(N)c1. The van der Waals surface area contributed by atoms with Gasteiger partial charge in [0.1, 0.15) is 0 Å². The van der Waals surface area contributed by atoms with Crippen molar-refractivity contribution in [1.82, 2.24) is 9.97 Å². The summed E-state index contributed by atoms with van der Waals surface area (Å²) in [6.45, 7) is 1.87. The van der Waals surface area contributed by atoms with Crippen LogP contribution in [0.25, 0.3) is 0 Å². The number of nitrogens with two attached hydrogens (primary N) is 1. The largest absolute Gasteiger partial charge is 0.399 e. The van der Waals surface area contributed by atoms with Crippen molar-refractivity contribution < 1.29 is 0 Å². The Hall–Kier alpha value is -2.14. The predicted molar refractivity (Wildman–Crippen MR) is 73.7 cm³/mol. The van der Waals surface area contributed by atoms with Crippen LogP contribution in [-0.4, -0.2) is 15.7 Å². The third-order valence-corrected chi connectivity index (χ3v) is 2.56. The molecule has 0 saturated carbocycles. The molecule has 92 valence electrons. The maximum Gasteiger partial charge on any atom is 0.184 e. The first kappa shape index (κ1) is 12.3. The van der Waals surface area contributed by atoms with Crippen molar-refractivity contribution in [1.29, 1.82) is 0 Å². The summed E-state index contributed by atoms with van der Waals surface area (Å²) in [5.74, 6) is 0.419. The lowest BCUT2D eigenvalue weighted by Gasteiger charge is -2.04. The van der Waals surface area contributed by atoms with E-state index in [0.29, 0.717) is 11.5 Å². The molecule has 6 heteroatoms. The fourth-order valence-electron chi connectivity index (χ4n) is 1.36. The van der Waals surface area contributed by atoms with E-state index < -0.39 is 0 Å². The van der Waals surface area contributed by atoms with Crippen LogP contribution in [0.5, 0.6) is 0 Å². The van der Waals surface area contributed by atoms with Crippen LogP contribution < -0.4 is 11.2 Å². The number of anilines is 2. The van der Waals surface area contributed by atoms with Crippen LogP contribution in [0.3, 0.4) is 0 Å². The lowest BCUT2D eigenvalue weighted by molar-refractivity contribution is 1.15. The van der Waals surface area contributed by atoms with Crippen molar-refractivity contribution in [2.75, 3.05) is 11.2 Å². The number of nitrogens with one attached hydrogen (secondary N) is 1. The van der Waals surface area contributed by atoms with Gasteiger partial charge in [-0.2, -0.15) is 5.10 Å². The van der Waals surface area contributed by atoms with Crippen LogP contribution in [0.15, 0.2) is 41.8 Å². The van der Waals surface area contributed by atoms with Crippen LogP contribution in [0.1, 0.15) is 12.5 Å². The summed E-state index contributed by atoms with van der Waals surface area (Å²) in [7, 11) is 0. The second kappa shape index (κ2) is 5.46. The number of nitrogen functional groups attached to an aromatic ring is 1. The van der Waals surface area contributed by atoms with Crippen molar-refractivity contribution in [2.24, 2.45) is 5.10 Å². The van der Waals surface area contributed by atoms with E-state index in [-0.39, 0.29) is 5.15 Å². The van der Waals surface area contributed by atoms with Gasteiger partial charge in [-0.15, -0.1) is 0 Å². The van der Waals surface area contributed by atoms with E-state index in [1.54, 1.807) is 6.20 Å². The molecule has 0 atom stereocenters. The van der Waals surface area contributed by atoms with Crippen LogP contribution in [0, 0.1) is 0 Å². The Morgan fingerprint density at radius 1 is 1.33 bits per heavy atom. The van der Waals surface area contributed by atoms with Crippen molar-refractivity contribution in [3.63, 3.8) is 0 Å². The highest BCUT2D eigenvalue weighted by Gasteiger charge is 2.01. The molecule has 0 aliphatic carbocycles. The molecule has 0 saturated heterocycles. The fraction of sp³-hybridized carbons (Fsp3) is 0.0833. The van der Waals surface area contributed by atoms with Gasteiger partial charge in [-0.05, 0) is 24.6 Å². The molecule has 0 spiro atoms. The number of hydrazone groups is 1. The van der Waals surface area contributed by atoms with Gasteiger partial charge in [0, 0.05) is 18.1 Å². The summed E-state index contributed by atoms with van der Waals surface area (Å²) in [5, 5.41) is 4.47. The lowest BCUT2D eigenvalue weighted by Crippen LogP contribution is -2.02. The second-order valence-electron chi connectivity index (χ2n) is 3.63. The van der Waals surface area contributed by atoms with Gasteiger partial charge >= 0.3 is 0 Å². The topological polar surface area (TPSA) is 76.2 Å². The molecule has 1 aromatic heterocycles. The molecule has 1 heterocycles. The predicted octanol–water partition coefficient (Wildman–Crippen LogP) is 2.55. The molecular weight excluding hydrogens is 250 g/mol. The molecule has 5 nitrogen and oxygen atoms in total. The Morgan fingerprint density at radius 2 is 2.11 bits per heavy atom.